The van der Waals surface area contributed by atoms with Gasteiger partial charge in [-0.1, -0.05) is 6.92 Å². The quantitative estimate of drug-likeness (QED) is 0.433. The lowest BCUT2D eigenvalue weighted by Crippen LogP contribution is -2.41. The molecule has 0 saturated heterocycles. The first kappa shape index (κ1) is 16.0. The standard InChI is InChI=1S/C11H24N4.HI/c1-4-15(3)8-7-13-11(12-2)14-9-10-5-6-10;/h10H,4-9H2,1-3H3,(H2,12,13,14);1H. The number of nitrogens with zero attached hydrogens (tertiary/aromatic N) is 2. The summed E-state index contributed by atoms with van der Waals surface area (Å²) in [5.41, 5.74) is 0. The molecule has 96 valence electrons. The second kappa shape index (κ2) is 9.04. The van der Waals surface area contributed by atoms with Crippen LogP contribution in [-0.2, 0) is 0 Å². The molecular weight excluding hydrogens is 315 g/mol. The van der Waals surface area contributed by atoms with Gasteiger partial charge in [0.1, 0.15) is 0 Å². The summed E-state index contributed by atoms with van der Waals surface area (Å²) in [5, 5.41) is 6.66. The molecule has 0 amide bonds. The lowest BCUT2D eigenvalue weighted by atomic mass is 10.4. The van der Waals surface area contributed by atoms with Crippen molar-refractivity contribution in [3.63, 3.8) is 0 Å². The molecule has 0 radical (unpaired) electrons. The van der Waals surface area contributed by atoms with Gasteiger partial charge in [-0.15, -0.1) is 24.0 Å². The summed E-state index contributed by atoms with van der Waals surface area (Å²) in [4.78, 5) is 6.47. The molecule has 0 aromatic rings. The Bertz CT molecular complexity index is 204. The normalized spacial score (nSPS) is 15.9. The van der Waals surface area contributed by atoms with Gasteiger partial charge >= 0.3 is 0 Å². The van der Waals surface area contributed by atoms with E-state index in [9.17, 15) is 0 Å². The zero-order valence-electron chi connectivity index (χ0n) is 10.6. The van der Waals surface area contributed by atoms with Crippen molar-refractivity contribution in [3.05, 3.63) is 0 Å². The fourth-order valence-electron chi connectivity index (χ4n) is 1.31. The Kier molecular flexibility index (Phi) is 9.02. The summed E-state index contributed by atoms with van der Waals surface area (Å²) in [5.74, 6) is 1.83. The van der Waals surface area contributed by atoms with Crippen LogP contribution in [-0.4, -0.2) is 51.1 Å². The van der Waals surface area contributed by atoms with Crippen LogP contribution < -0.4 is 10.6 Å². The lowest BCUT2D eigenvalue weighted by Gasteiger charge is -2.16. The second-order valence-corrected chi connectivity index (χ2v) is 4.22. The van der Waals surface area contributed by atoms with Gasteiger partial charge in [0, 0.05) is 26.7 Å². The van der Waals surface area contributed by atoms with Gasteiger partial charge in [-0.2, -0.15) is 0 Å². The fraction of sp³-hybridized carbons (Fsp3) is 0.909. The molecule has 16 heavy (non-hydrogen) atoms. The first-order chi connectivity index (χ1) is 7.26. The predicted molar refractivity (Wildman–Crippen MR) is 80.7 cm³/mol. The maximum atomic E-state index is 4.19. The van der Waals surface area contributed by atoms with E-state index in [1.54, 1.807) is 0 Å². The van der Waals surface area contributed by atoms with Gasteiger partial charge in [0.05, 0.1) is 0 Å². The highest BCUT2D eigenvalue weighted by atomic mass is 127. The van der Waals surface area contributed by atoms with Crippen LogP contribution in [0.2, 0.25) is 0 Å². The van der Waals surface area contributed by atoms with Crippen molar-refractivity contribution in [1.29, 1.82) is 0 Å². The molecule has 0 unspecified atom stereocenters. The highest BCUT2D eigenvalue weighted by molar-refractivity contribution is 14.0. The van der Waals surface area contributed by atoms with E-state index in [4.69, 9.17) is 0 Å². The Morgan fingerprint density at radius 1 is 1.38 bits per heavy atom. The first-order valence-corrected chi connectivity index (χ1v) is 5.89. The van der Waals surface area contributed by atoms with Crippen molar-refractivity contribution in [2.75, 3.05) is 40.3 Å². The molecule has 1 fully saturated rings. The van der Waals surface area contributed by atoms with Crippen molar-refractivity contribution in [2.45, 2.75) is 19.8 Å². The van der Waals surface area contributed by atoms with E-state index in [-0.39, 0.29) is 24.0 Å². The van der Waals surface area contributed by atoms with Crippen LogP contribution in [0.4, 0.5) is 0 Å². The van der Waals surface area contributed by atoms with E-state index in [1.165, 1.54) is 12.8 Å². The Morgan fingerprint density at radius 2 is 2.06 bits per heavy atom. The number of hydrogen-bond acceptors (Lipinski definition) is 2. The van der Waals surface area contributed by atoms with Gasteiger partial charge in [0.15, 0.2) is 5.96 Å². The highest BCUT2D eigenvalue weighted by Gasteiger charge is 2.20. The third kappa shape index (κ3) is 7.27. The summed E-state index contributed by atoms with van der Waals surface area (Å²) >= 11 is 0. The summed E-state index contributed by atoms with van der Waals surface area (Å²) in [6.07, 6.45) is 2.76. The molecule has 0 atom stereocenters. The topological polar surface area (TPSA) is 39.7 Å². The molecule has 1 aliphatic rings. The van der Waals surface area contributed by atoms with Crippen LogP contribution >= 0.6 is 24.0 Å². The Labute approximate surface area is 116 Å². The lowest BCUT2D eigenvalue weighted by molar-refractivity contribution is 0.357. The van der Waals surface area contributed by atoms with Crippen molar-refractivity contribution in [1.82, 2.24) is 15.5 Å². The van der Waals surface area contributed by atoms with E-state index in [0.717, 1.165) is 38.1 Å². The molecule has 0 aromatic carbocycles. The Balaban J connectivity index is 0.00000225. The van der Waals surface area contributed by atoms with Crippen LogP contribution in [0.1, 0.15) is 19.8 Å². The molecule has 0 aromatic heterocycles. The number of hydrogen-bond donors (Lipinski definition) is 2. The minimum absolute atomic E-state index is 0. The van der Waals surface area contributed by atoms with Crippen molar-refractivity contribution >= 4 is 29.9 Å². The van der Waals surface area contributed by atoms with Crippen molar-refractivity contribution < 1.29 is 0 Å². The molecule has 2 N–H and O–H groups in total. The molecule has 0 spiro atoms. The predicted octanol–water partition coefficient (Wildman–Crippen LogP) is 1.13. The zero-order valence-corrected chi connectivity index (χ0v) is 13.0. The number of nitrogens with one attached hydrogen (secondary N) is 2. The molecule has 1 aliphatic carbocycles. The number of guanidine groups is 1. The van der Waals surface area contributed by atoms with Crippen molar-refractivity contribution in [3.8, 4) is 0 Å². The molecular formula is C11H25IN4. The van der Waals surface area contributed by atoms with Gasteiger partial charge in [0.25, 0.3) is 0 Å². The molecule has 0 bridgehead atoms. The average molecular weight is 340 g/mol. The summed E-state index contributed by atoms with van der Waals surface area (Å²) in [6.45, 7) is 6.34. The minimum atomic E-state index is 0. The summed E-state index contributed by atoms with van der Waals surface area (Å²) < 4.78 is 0. The first-order valence-electron chi connectivity index (χ1n) is 5.89. The van der Waals surface area contributed by atoms with Gasteiger partial charge in [0.2, 0.25) is 0 Å². The molecule has 0 heterocycles. The number of likely N-dealkylation sites (N-methyl/N-ethyl adjacent to an activating group) is 1. The van der Waals surface area contributed by atoms with Crippen molar-refractivity contribution in [2.24, 2.45) is 10.9 Å². The zero-order chi connectivity index (χ0) is 11.1. The maximum absolute atomic E-state index is 4.19. The van der Waals surface area contributed by atoms with Crippen LogP contribution in [0.5, 0.6) is 0 Å². The number of halogens is 1. The summed E-state index contributed by atoms with van der Waals surface area (Å²) in [6, 6.07) is 0. The molecule has 1 rings (SSSR count). The van der Waals surface area contributed by atoms with E-state index >= 15 is 0 Å². The largest absolute Gasteiger partial charge is 0.356 e. The van der Waals surface area contributed by atoms with Gasteiger partial charge in [-0.05, 0) is 32.4 Å². The maximum Gasteiger partial charge on any atom is 0.191 e. The third-order valence-electron chi connectivity index (χ3n) is 2.80. The van der Waals surface area contributed by atoms with Gasteiger partial charge in [-0.25, -0.2) is 0 Å². The second-order valence-electron chi connectivity index (χ2n) is 4.22. The number of rotatable bonds is 6. The van der Waals surface area contributed by atoms with Gasteiger partial charge < -0.3 is 15.5 Å². The van der Waals surface area contributed by atoms with Crippen LogP contribution in [0.3, 0.4) is 0 Å². The summed E-state index contributed by atoms with van der Waals surface area (Å²) in [7, 11) is 3.95. The molecule has 0 aliphatic heterocycles. The third-order valence-corrected chi connectivity index (χ3v) is 2.80. The Hall–Kier alpha value is -0.0400. The number of aliphatic imine (C=N–C) groups is 1. The van der Waals surface area contributed by atoms with E-state index < -0.39 is 0 Å². The van der Waals surface area contributed by atoms with Crippen LogP contribution in [0.25, 0.3) is 0 Å². The Morgan fingerprint density at radius 3 is 2.56 bits per heavy atom. The fourth-order valence-corrected chi connectivity index (χ4v) is 1.31. The van der Waals surface area contributed by atoms with Gasteiger partial charge in [-0.3, -0.25) is 4.99 Å². The van der Waals surface area contributed by atoms with E-state index in [0.29, 0.717) is 0 Å². The molecule has 4 nitrogen and oxygen atoms in total. The monoisotopic (exact) mass is 340 g/mol. The highest BCUT2D eigenvalue weighted by Crippen LogP contribution is 2.27. The SMILES string of the molecule is CCN(C)CCNC(=NC)NCC1CC1.I. The average Bonchev–Trinajstić information content (AvgIpc) is 3.06. The van der Waals surface area contributed by atoms with E-state index in [2.05, 4.69) is 34.5 Å². The minimum Gasteiger partial charge on any atom is -0.356 e. The smallest absolute Gasteiger partial charge is 0.191 e. The van der Waals surface area contributed by atoms with Crippen LogP contribution in [0, 0.1) is 5.92 Å². The molecule has 5 heteroatoms. The van der Waals surface area contributed by atoms with Crippen LogP contribution in [0.15, 0.2) is 4.99 Å². The van der Waals surface area contributed by atoms with E-state index in [1.807, 2.05) is 7.05 Å². The molecule has 1 saturated carbocycles.